The number of benzene rings is 3. The zero-order valence-electron chi connectivity index (χ0n) is 22.1. The molecule has 0 amide bonds. The molecule has 3 heterocycles. The van der Waals surface area contributed by atoms with E-state index in [4.69, 9.17) is 35.2 Å². The van der Waals surface area contributed by atoms with Crippen LogP contribution in [-0.4, -0.2) is 37.7 Å². The number of fused-ring (bicyclic) bond motifs is 2. The number of amidine groups is 1. The number of hydrogen-bond acceptors (Lipinski definition) is 7. The first-order valence-corrected chi connectivity index (χ1v) is 13.4. The Labute approximate surface area is 231 Å². The lowest BCUT2D eigenvalue weighted by Gasteiger charge is -2.34. The summed E-state index contributed by atoms with van der Waals surface area (Å²) < 4.78 is 23.2. The molecule has 0 fully saturated rings. The Morgan fingerprint density at radius 3 is 2.72 bits per heavy atom. The predicted octanol–water partition coefficient (Wildman–Crippen LogP) is 6.23. The molecule has 0 bridgehead atoms. The van der Waals surface area contributed by atoms with Gasteiger partial charge in [0.2, 0.25) is 6.79 Å². The molecule has 39 heavy (non-hydrogen) atoms. The Hall–Kier alpha value is -3.97. The number of aliphatic imine (C=N–C) groups is 1. The minimum atomic E-state index is -0.242. The van der Waals surface area contributed by atoms with E-state index in [1.165, 1.54) is 0 Å². The maximum atomic E-state index is 14.0. The molecule has 2 aliphatic heterocycles. The van der Waals surface area contributed by atoms with Crippen molar-refractivity contribution >= 4 is 28.4 Å². The Morgan fingerprint density at radius 1 is 1.05 bits per heavy atom. The second-order valence-corrected chi connectivity index (χ2v) is 10.5. The van der Waals surface area contributed by atoms with Gasteiger partial charge in [0.1, 0.15) is 22.9 Å². The van der Waals surface area contributed by atoms with Crippen molar-refractivity contribution in [3.05, 3.63) is 98.4 Å². The minimum absolute atomic E-state index is 0.0582. The van der Waals surface area contributed by atoms with E-state index in [-0.39, 0.29) is 24.2 Å². The van der Waals surface area contributed by atoms with Gasteiger partial charge in [-0.3, -0.25) is 9.79 Å². The summed E-state index contributed by atoms with van der Waals surface area (Å²) in [5.74, 6) is 3.74. The van der Waals surface area contributed by atoms with E-state index < -0.39 is 0 Å². The van der Waals surface area contributed by atoms with Crippen LogP contribution < -0.4 is 19.6 Å². The van der Waals surface area contributed by atoms with Crippen molar-refractivity contribution in [2.45, 2.75) is 26.3 Å². The highest BCUT2D eigenvalue weighted by Crippen LogP contribution is 2.38. The van der Waals surface area contributed by atoms with E-state index in [0.717, 1.165) is 28.5 Å². The fraction of sp³-hybridized carbons (Fsp3) is 0.290. The van der Waals surface area contributed by atoms with E-state index >= 15 is 0 Å². The van der Waals surface area contributed by atoms with E-state index in [9.17, 15) is 4.79 Å². The van der Waals surface area contributed by atoms with Gasteiger partial charge >= 0.3 is 0 Å². The van der Waals surface area contributed by atoms with Gasteiger partial charge in [-0.2, -0.15) is 0 Å². The molecule has 3 aromatic carbocycles. The molecule has 0 N–H and O–H groups in total. The quantitative estimate of drug-likeness (QED) is 0.274. The van der Waals surface area contributed by atoms with Crippen molar-refractivity contribution in [2.75, 3.05) is 27.0 Å². The van der Waals surface area contributed by atoms with Gasteiger partial charge < -0.3 is 23.5 Å². The van der Waals surface area contributed by atoms with Crippen LogP contribution in [0, 0.1) is 5.92 Å². The van der Waals surface area contributed by atoms with Crippen molar-refractivity contribution < 1.29 is 18.6 Å². The second kappa shape index (κ2) is 10.3. The number of halogens is 1. The average Bonchev–Trinajstić information content (AvgIpc) is 3.60. The lowest BCUT2D eigenvalue weighted by atomic mass is 9.92. The summed E-state index contributed by atoms with van der Waals surface area (Å²) in [5.41, 5.74) is 2.93. The lowest BCUT2D eigenvalue weighted by Crippen LogP contribution is -2.37. The third-order valence-electron chi connectivity index (χ3n) is 7.24. The van der Waals surface area contributed by atoms with Gasteiger partial charge in [-0.15, -0.1) is 0 Å². The average molecular weight is 545 g/mol. The fourth-order valence-electron chi connectivity index (χ4n) is 5.44. The molecular weight excluding hydrogens is 516 g/mol. The number of ether oxygens (including phenoxy) is 3. The van der Waals surface area contributed by atoms with Crippen molar-refractivity contribution in [2.24, 2.45) is 10.9 Å². The molecule has 0 radical (unpaired) electrons. The molecule has 0 saturated heterocycles. The molecule has 0 aliphatic carbocycles. The van der Waals surface area contributed by atoms with Crippen molar-refractivity contribution in [3.8, 4) is 17.2 Å². The van der Waals surface area contributed by atoms with E-state index in [1.807, 2.05) is 42.5 Å². The van der Waals surface area contributed by atoms with Crippen LogP contribution in [0.15, 0.2) is 74.9 Å². The Balaban J connectivity index is 1.49. The summed E-state index contributed by atoms with van der Waals surface area (Å²) in [5, 5.41) is 1.02. The Bertz CT molecular complexity index is 1640. The summed E-state index contributed by atoms with van der Waals surface area (Å²) in [6.45, 7) is 5.82. The molecule has 0 spiro atoms. The van der Waals surface area contributed by atoms with Crippen LogP contribution in [0.2, 0.25) is 5.02 Å². The largest absolute Gasteiger partial charge is 0.497 e. The SMILES string of the molecule is COc1cccc(Cc2c(C(C(C)C)N3CCN=C3c3ccc4c(c3)OCO4)oc3cc(Cl)ccc3c2=O)c1. The van der Waals surface area contributed by atoms with Crippen LogP contribution in [0.3, 0.4) is 0 Å². The van der Waals surface area contributed by atoms with Crippen LogP contribution in [-0.2, 0) is 6.42 Å². The van der Waals surface area contributed by atoms with Crippen LogP contribution in [0.1, 0.15) is 42.3 Å². The minimum Gasteiger partial charge on any atom is -0.497 e. The van der Waals surface area contributed by atoms with E-state index in [2.05, 4.69) is 18.7 Å². The maximum Gasteiger partial charge on any atom is 0.231 e. The molecule has 1 atom stereocenters. The van der Waals surface area contributed by atoms with Gasteiger partial charge in [-0.05, 0) is 53.9 Å². The monoisotopic (exact) mass is 544 g/mol. The van der Waals surface area contributed by atoms with Crippen LogP contribution in [0.4, 0.5) is 0 Å². The highest BCUT2D eigenvalue weighted by Gasteiger charge is 2.35. The summed E-state index contributed by atoms with van der Waals surface area (Å²) in [6, 6.07) is 18.6. The first kappa shape index (κ1) is 25.3. The Kier molecular flexibility index (Phi) is 6.69. The molecule has 1 aromatic heterocycles. The summed E-state index contributed by atoms with van der Waals surface area (Å²) >= 11 is 6.32. The number of nitrogens with zero attached hydrogens (tertiary/aromatic N) is 2. The van der Waals surface area contributed by atoms with Gasteiger partial charge in [0.25, 0.3) is 0 Å². The number of methoxy groups -OCH3 is 1. The third-order valence-corrected chi connectivity index (χ3v) is 7.47. The van der Waals surface area contributed by atoms with Gasteiger partial charge in [0.05, 0.1) is 25.1 Å². The molecule has 6 rings (SSSR count). The highest BCUT2D eigenvalue weighted by molar-refractivity contribution is 6.31. The zero-order valence-corrected chi connectivity index (χ0v) is 22.8. The third kappa shape index (κ3) is 4.72. The van der Waals surface area contributed by atoms with Gasteiger partial charge in [0.15, 0.2) is 16.9 Å². The van der Waals surface area contributed by atoms with Crippen molar-refractivity contribution in [1.82, 2.24) is 4.90 Å². The first-order valence-electron chi connectivity index (χ1n) is 13.0. The molecule has 8 heteroatoms. The topological polar surface area (TPSA) is 73.5 Å². The van der Waals surface area contributed by atoms with Gasteiger partial charge in [-0.1, -0.05) is 37.6 Å². The summed E-state index contributed by atoms with van der Waals surface area (Å²) in [6.07, 6.45) is 0.404. The fourth-order valence-corrected chi connectivity index (χ4v) is 5.61. The first-order chi connectivity index (χ1) is 18.9. The standard InChI is InChI=1S/C31H29ClN2O5/c1-18(2)28(34-12-11-33-31(34)20-7-10-25-27(15-20)38-17-37-25)30-24(14-19-5-4-6-22(13-19)36-3)29(35)23-9-8-21(32)16-26(23)39-30/h4-10,13,15-16,18,28H,11-12,14,17H2,1-3H3. The van der Waals surface area contributed by atoms with Gasteiger partial charge in [-0.25, -0.2) is 0 Å². The summed E-state index contributed by atoms with van der Waals surface area (Å²) in [7, 11) is 1.64. The molecule has 0 saturated carbocycles. The number of hydrogen-bond donors (Lipinski definition) is 0. The Morgan fingerprint density at radius 2 is 1.90 bits per heavy atom. The highest BCUT2D eigenvalue weighted by atomic mass is 35.5. The summed E-state index contributed by atoms with van der Waals surface area (Å²) in [4.78, 5) is 21.1. The van der Waals surface area contributed by atoms with Crippen LogP contribution in [0.5, 0.6) is 17.2 Å². The second-order valence-electron chi connectivity index (χ2n) is 10.1. The van der Waals surface area contributed by atoms with Crippen molar-refractivity contribution in [1.29, 1.82) is 0 Å². The lowest BCUT2D eigenvalue weighted by molar-refractivity contribution is 0.174. The zero-order chi connectivity index (χ0) is 27.1. The van der Waals surface area contributed by atoms with E-state index in [1.54, 1.807) is 25.3 Å². The van der Waals surface area contributed by atoms with Crippen LogP contribution in [0.25, 0.3) is 11.0 Å². The van der Waals surface area contributed by atoms with Crippen LogP contribution >= 0.6 is 11.6 Å². The van der Waals surface area contributed by atoms with Gasteiger partial charge in [0, 0.05) is 35.2 Å². The van der Waals surface area contributed by atoms with E-state index in [0.29, 0.717) is 52.6 Å². The van der Waals surface area contributed by atoms with Crippen molar-refractivity contribution in [3.63, 3.8) is 0 Å². The molecule has 7 nitrogen and oxygen atoms in total. The molecule has 2 aliphatic rings. The number of rotatable bonds is 7. The molecular formula is C31H29ClN2O5. The molecule has 4 aromatic rings. The normalized spacial score (nSPS) is 15.2. The molecule has 200 valence electrons. The predicted molar refractivity (Wildman–Crippen MR) is 152 cm³/mol. The molecule has 1 unspecified atom stereocenters. The smallest absolute Gasteiger partial charge is 0.231 e. The maximum absolute atomic E-state index is 14.0.